The number of hydrogen-bond acceptors (Lipinski definition) is 1. The maximum atomic E-state index is 3.86. The third-order valence-electron chi connectivity index (χ3n) is 14.9. The van der Waals surface area contributed by atoms with Crippen molar-refractivity contribution in [1.29, 1.82) is 0 Å². The second-order valence-corrected chi connectivity index (χ2v) is 18.5. The largest absolute Gasteiger partial charge is 0.355 e. The first-order valence-corrected chi connectivity index (χ1v) is 23.9. The average molecular weight is 869 g/mol. The van der Waals surface area contributed by atoms with Gasteiger partial charge < -0.3 is 9.88 Å². The van der Waals surface area contributed by atoms with E-state index in [1.165, 1.54) is 99.5 Å². The molecule has 0 aliphatic heterocycles. The first-order valence-electron chi connectivity index (χ1n) is 23.9. The Balaban J connectivity index is 1.03. The molecule has 2 heteroatoms. The molecule has 11 aromatic rings. The van der Waals surface area contributed by atoms with Gasteiger partial charge in [0.25, 0.3) is 0 Å². The highest BCUT2D eigenvalue weighted by molar-refractivity contribution is 6.15. The van der Waals surface area contributed by atoms with Crippen LogP contribution in [0.3, 0.4) is 0 Å². The molecular weight excluding hydrogens is 821 g/mol. The number of aromatic nitrogens is 1. The summed E-state index contributed by atoms with van der Waals surface area (Å²) in [5.74, 6) is 0.322. The molecular formula is C66H48N2. The molecule has 0 spiro atoms. The number of nitrogens with zero attached hydrogens (tertiary/aromatic N) is 1. The van der Waals surface area contributed by atoms with Gasteiger partial charge in [-0.25, -0.2) is 0 Å². The van der Waals surface area contributed by atoms with Gasteiger partial charge in [-0.05, 0) is 103 Å². The van der Waals surface area contributed by atoms with Crippen molar-refractivity contribution in [3.05, 3.63) is 294 Å². The Bertz CT molecular complexity index is 3700. The van der Waals surface area contributed by atoms with Gasteiger partial charge in [0, 0.05) is 39.0 Å². The van der Waals surface area contributed by atoms with Crippen LogP contribution in [0.4, 0.5) is 5.69 Å². The molecule has 0 fully saturated rings. The van der Waals surface area contributed by atoms with Gasteiger partial charge in [-0.15, -0.1) is 0 Å². The molecule has 1 N–H and O–H groups in total. The molecule has 0 saturated carbocycles. The molecule has 13 rings (SSSR count). The van der Waals surface area contributed by atoms with Crippen molar-refractivity contribution in [2.24, 2.45) is 5.92 Å². The summed E-state index contributed by atoms with van der Waals surface area (Å²) in [6.45, 7) is 2.40. The van der Waals surface area contributed by atoms with Gasteiger partial charge in [0.15, 0.2) is 0 Å². The van der Waals surface area contributed by atoms with Crippen molar-refractivity contribution in [2.75, 3.05) is 5.32 Å². The minimum atomic E-state index is -0.575. The lowest BCUT2D eigenvalue weighted by molar-refractivity contribution is 0.650. The van der Waals surface area contributed by atoms with Gasteiger partial charge >= 0.3 is 0 Å². The lowest BCUT2D eigenvalue weighted by atomic mass is 9.67. The van der Waals surface area contributed by atoms with Crippen LogP contribution in [-0.2, 0) is 5.41 Å². The number of allylic oxidation sites excluding steroid dienone is 3. The summed E-state index contributed by atoms with van der Waals surface area (Å²) >= 11 is 0. The van der Waals surface area contributed by atoms with Crippen molar-refractivity contribution in [3.8, 4) is 27.9 Å². The fourth-order valence-electron chi connectivity index (χ4n) is 11.9. The molecule has 0 saturated heterocycles. The van der Waals surface area contributed by atoms with E-state index >= 15 is 0 Å². The number of rotatable bonds is 8. The van der Waals surface area contributed by atoms with Crippen LogP contribution in [0.1, 0.15) is 46.2 Å². The van der Waals surface area contributed by atoms with Crippen LogP contribution < -0.4 is 5.32 Å². The normalized spacial score (nSPS) is 16.0. The zero-order chi connectivity index (χ0) is 45.2. The van der Waals surface area contributed by atoms with E-state index in [9.17, 15) is 0 Å². The van der Waals surface area contributed by atoms with E-state index in [0.717, 1.165) is 11.4 Å². The van der Waals surface area contributed by atoms with Gasteiger partial charge in [0.2, 0.25) is 0 Å². The summed E-state index contributed by atoms with van der Waals surface area (Å²) in [5, 5.41) is 8.82. The maximum Gasteiger partial charge on any atom is 0.0734 e. The second-order valence-electron chi connectivity index (χ2n) is 18.5. The number of nitrogens with one attached hydrogen (secondary N) is 1. The number of anilines is 1. The molecule has 2 nitrogen and oxygen atoms in total. The first-order chi connectivity index (χ1) is 33.7. The molecule has 10 aromatic carbocycles. The number of hydrogen-bond donors (Lipinski definition) is 1. The fourth-order valence-corrected chi connectivity index (χ4v) is 11.9. The summed E-state index contributed by atoms with van der Waals surface area (Å²) in [6.07, 6.45) is 4.74. The summed E-state index contributed by atoms with van der Waals surface area (Å²) < 4.78 is 2.60. The van der Waals surface area contributed by atoms with Gasteiger partial charge in [0.1, 0.15) is 0 Å². The summed E-state index contributed by atoms with van der Waals surface area (Å²) in [5.41, 5.74) is 19.3. The van der Waals surface area contributed by atoms with Crippen molar-refractivity contribution >= 4 is 43.8 Å². The van der Waals surface area contributed by atoms with Gasteiger partial charge in [-0.1, -0.05) is 225 Å². The van der Waals surface area contributed by atoms with Gasteiger partial charge in [0.05, 0.1) is 22.1 Å². The fraction of sp³-hybridized carbons (Fsp3) is 0.0606. The Labute approximate surface area is 397 Å². The van der Waals surface area contributed by atoms with Crippen molar-refractivity contribution < 1.29 is 0 Å². The molecule has 1 aromatic heterocycles. The second kappa shape index (κ2) is 16.2. The Kier molecular flexibility index (Phi) is 9.47. The van der Waals surface area contributed by atoms with Crippen molar-refractivity contribution in [3.63, 3.8) is 0 Å². The molecule has 2 atom stereocenters. The van der Waals surface area contributed by atoms with Gasteiger partial charge in [-0.3, -0.25) is 0 Å². The van der Waals surface area contributed by atoms with Crippen LogP contribution >= 0.6 is 0 Å². The van der Waals surface area contributed by atoms with Crippen LogP contribution in [0.15, 0.2) is 261 Å². The van der Waals surface area contributed by atoms with E-state index in [-0.39, 0.29) is 11.8 Å². The van der Waals surface area contributed by atoms with E-state index < -0.39 is 5.41 Å². The lowest BCUT2D eigenvalue weighted by Gasteiger charge is -2.34. The minimum Gasteiger partial charge on any atom is -0.355 e. The molecule has 2 aliphatic rings. The predicted molar refractivity (Wildman–Crippen MR) is 285 cm³/mol. The monoisotopic (exact) mass is 868 g/mol. The van der Waals surface area contributed by atoms with Crippen molar-refractivity contribution in [2.45, 2.75) is 18.3 Å². The maximum absolute atomic E-state index is 3.86. The zero-order valence-electron chi connectivity index (χ0n) is 37.9. The molecule has 2 aliphatic carbocycles. The molecule has 68 heavy (non-hydrogen) atoms. The number of benzene rings is 10. The van der Waals surface area contributed by atoms with Crippen LogP contribution in [0, 0.1) is 5.92 Å². The Hall–Kier alpha value is -8.46. The topological polar surface area (TPSA) is 17.0 Å². The average Bonchev–Trinajstić information content (AvgIpc) is 3.90. The van der Waals surface area contributed by atoms with E-state index in [2.05, 4.69) is 272 Å². The predicted octanol–water partition coefficient (Wildman–Crippen LogP) is 16.8. The van der Waals surface area contributed by atoms with E-state index in [1.807, 2.05) is 0 Å². The first kappa shape index (κ1) is 39.9. The molecule has 0 radical (unpaired) electrons. The van der Waals surface area contributed by atoms with Crippen LogP contribution in [0.25, 0.3) is 66.1 Å². The highest BCUT2D eigenvalue weighted by atomic mass is 15.0. The Morgan fingerprint density at radius 1 is 0.471 bits per heavy atom. The highest BCUT2D eigenvalue weighted by Gasteiger charge is 2.48. The summed E-state index contributed by atoms with van der Waals surface area (Å²) in [7, 11) is 0. The molecule has 1 heterocycles. The number of fused-ring (bicyclic) bond motifs is 8. The van der Waals surface area contributed by atoms with Crippen molar-refractivity contribution in [1.82, 2.24) is 4.57 Å². The van der Waals surface area contributed by atoms with E-state index in [1.54, 1.807) is 0 Å². The lowest BCUT2D eigenvalue weighted by Crippen LogP contribution is -2.29. The summed E-state index contributed by atoms with van der Waals surface area (Å²) in [4.78, 5) is 0. The van der Waals surface area contributed by atoms with Crippen LogP contribution in [-0.4, -0.2) is 4.57 Å². The molecule has 2 unspecified atom stereocenters. The quantitative estimate of drug-likeness (QED) is 0.161. The SMILES string of the molecule is CC1C(c2ccccc2)=C(Nc2ccc(-c3ccccc3)cc2)C=CC1c1ccc2c(c1)c1ccc3c(c1n2-c1cccc2ccccc12)C(c1ccccc1)(c1ccccc1)c1ccccc1-3. The highest BCUT2D eigenvalue weighted by Crippen LogP contribution is 2.59. The van der Waals surface area contributed by atoms with Gasteiger partial charge in [-0.2, -0.15) is 0 Å². The van der Waals surface area contributed by atoms with E-state index in [0.29, 0.717) is 0 Å². The molecule has 0 amide bonds. The van der Waals surface area contributed by atoms with E-state index in [4.69, 9.17) is 0 Å². The Morgan fingerprint density at radius 2 is 1.09 bits per heavy atom. The third-order valence-corrected chi connectivity index (χ3v) is 14.9. The minimum absolute atomic E-state index is 0.142. The Morgan fingerprint density at radius 3 is 1.82 bits per heavy atom. The molecule has 322 valence electrons. The smallest absolute Gasteiger partial charge is 0.0734 e. The molecule has 0 bridgehead atoms. The standard InChI is InChI=1S/C66H48N2/c1-44-53(40-41-60(63(44)48-22-8-3-9-23-48)67-52-36-33-46(34-37-52)45-19-6-2-7-20-45)49-35-42-62-58(43-49)57-39-38-56-55-30-16-17-31-59(55)66(50-25-10-4-11-26-50,51-27-12-5-13-28-51)64(56)65(57)68(62)61-32-18-24-47-21-14-15-29-54(47)61/h2-44,53,67H,1H3. The van der Waals surface area contributed by atoms with Crippen LogP contribution in [0.5, 0.6) is 0 Å². The summed E-state index contributed by atoms with van der Waals surface area (Å²) in [6, 6.07) is 89.6. The third kappa shape index (κ3) is 6.18. The van der Waals surface area contributed by atoms with Crippen LogP contribution in [0.2, 0.25) is 0 Å². The zero-order valence-corrected chi connectivity index (χ0v) is 37.9.